The molecule has 2 aromatic rings. The molecule has 0 bridgehead atoms. The van der Waals surface area contributed by atoms with Crippen molar-refractivity contribution < 1.29 is 19.3 Å². The van der Waals surface area contributed by atoms with E-state index in [1.165, 1.54) is 5.56 Å². The van der Waals surface area contributed by atoms with Crippen molar-refractivity contribution in [2.24, 2.45) is 0 Å². The molecule has 0 spiro atoms. The Balaban J connectivity index is 0.00000392. The van der Waals surface area contributed by atoms with Gasteiger partial charge in [-0.2, -0.15) is 0 Å². The molecule has 7 heteroatoms. The summed E-state index contributed by atoms with van der Waals surface area (Å²) in [5, 5.41) is 12.0. The summed E-state index contributed by atoms with van der Waals surface area (Å²) in [5.41, 5.74) is 3.44. The van der Waals surface area contributed by atoms with Crippen molar-refractivity contribution in [1.29, 1.82) is 0 Å². The van der Waals surface area contributed by atoms with Crippen LogP contribution in [0.15, 0.2) is 40.9 Å². The molecule has 0 aromatic heterocycles. The average molecular weight is 475 g/mol. The van der Waals surface area contributed by atoms with E-state index in [-0.39, 0.29) is 19.0 Å². The number of rotatable bonds is 12. The van der Waals surface area contributed by atoms with Crippen LogP contribution in [0.3, 0.4) is 0 Å². The SMILES string of the molecule is CCOc1cc(CNCCOCCO)cc(Br)c1OCc1ccc(C)cc1.Cl. The minimum absolute atomic E-state index is 0. The monoisotopic (exact) mass is 473 g/mol. The molecule has 0 radical (unpaired) electrons. The number of ether oxygens (including phenoxy) is 3. The standard InChI is InChI=1S/C21H28BrNO4.ClH/c1-3-26-20-13-18(14-23-8-10-25-11-9-24)12-19(22)21(20)27-15-17-6-4-16(2)5-7-17;/h4-7,12-13,23-24H,3,8-11,14-15H2,1-2H3;1H. The van der Waals surface area contributed by atoms with E-state index >= 15 is 0 Å². The Morgan fingerprint density at radius 1 is 1.04 bits per heavy atom. The summed E-state index contributed by atoms with van der Waals surface area (Å²) < 4.78 is 17.9. The molecule has 2 aromatic carbocycles. The fourth-order valence-electron chi connectivity index (χ4n) is 2.51. The summed E-state index contributed by atoms with van der Waals surface area (Å²) in [4.78, 5) is 0. The van der Waals surface area contributed by atoms with Crippen molar-refractivity contribution in [3.63, 3.8) is 0 Å². The van der Waals surface area contributed by atoms with Gasteiger partial charge >= 0.3 is 0 Å². The molecule has 0 aliphatic carbocycles. The van der Waals surface area contributed by atoms with Gasteiger partial charge in [-0.3, -0.25) is 0 Å². The van der Waals surface area contributed by atoms with Crippen LogP contribution in [0.2, 0.25) is 0 Å². The average Bonchev–Trinajstić information content (AvgIpc) is 2.65. The van der Waals surface area contributed by atoms with Crippen molar-refractivity contribution in [3.05, 3.63) is 57.6 Å². The second-order valence-electron chi connectivity index (χ2n) is 6.12. The van der Waals surface area contributed by atoms with Gasteiger partial charge in [0.2, 0.25) is 0 Å². The van der Waals surface area contributed by atoms with Crippen LogP contribution >= 0.6 is 28.3 Å². The highest BCUT2D eigenvalue weighted by atomic mass is 79.9. The number of aliphatic hydroxyl groups excluding tert-OH is 1. The van der Waals surface area contributed by atoms with Crippen LogP contribution in [0, 0.1) is 6.92 Å². The van der Waals surface area contributed by atoms with E-state index in [4.69, 9.17) is 19.3 Å². The molecule has 0 saturated carbocycles. The van der Waals surface area contributed by atoms with Gasteiger partial charge in [-0.15, -0.1) is 12.4 Å². The van der Waals surface area contributed by atoms with Gasteiger partial charge in [0.1, 0.15) is 6.61 Å². The van der Waals surface area contributed by atoms with E-state index in [1.54, 1.807) is 0 Å². The summed E-state index contributed by atoms with van der Waals surface area (Å²) in [5.74, 6) is 1.44. The second-order valence-corrected chi connectivity index (χ2v) is 6.98. The first kappa shape index (κ1) is 24.7. The highest BCUT2D eigenvalue weighted by Gasteiger charge is 2.12. The Labute approximate surface area is 181 Å². The first-order valence-corrected chi connectivity index (χ1v) is 9.96. The smallest absolute Gasteiger partial charge is 0.175 e. The summed E-state index contributed by atoms with van der Waals surface area (Å²) in [6.45, 7) is 7.48. The van der Waals surface area contributed by atoms with Crippen LogP contribution in [0.4, 0.5) is 0 Å². The lowest BCUT2D eigenvalue weighted by Gasteiger charge is -2.16. The van der Waals surface area contributed by atoms with E-state index in [9.17, 15) is 0 Å². The van der Waals surface area contributed by atoms with Crippen LogP contribution in [0.5, 0.6) is 11.5 Å². The zero-order valence-electron chi connectivity index (χ0n) is 16.4. The zero-order valence-corrected chi connectivity index (χ0v) is 18.8. The van der Waals surface area contributed by atoms with Gasteiger partial charge in [0.25, 0.3) is 0 Å². The molecule has 0 heterocycles. The number of nitrogens with one attached hydrogen (secondary N) is 1. The molecule has 0 aliphatic heterocycles. The fraction of sp³-hybridized carbons (Fsp3) is 0.429. The number of hydrogen-bond donors (Lipinski definition) is 2. The number of halogens is 2. The predicted molar refractivity (Wildman–Crippen MR) is 118 cm³/mol. The molecule has 0 unspecified atom stereocenters. The van der Waals surface area contributed by atoms with E-state index in [2.05, 4.69) is 52.4 Å². The van der Waals surface area contributed by atoms with Gasteiger partial charge < -0.3 is 24.6 Å². The van der Waals surface area contributed by atoms with Crippen LogP contribution < -0.4 is 14.8 Å². The maximum absolute atomic E-state index is 8.69. The summed E-state index contributed by atoms with van der Waals surface area (Å²) in [6, 6.07) is 12.3. The van der Waals surface area contributed by atoms with E-state index < -0.39 is 0 Å². The predicted octanol–water partition coefficient (Wildman–Crippen LogP) is 4.26. The first-order chi connectivity index (χ1) is 13.1. The third-order valence-corrected chi connectivity index (χ3v) is 4.45. The van der Waals surface area contributed by atoms with Crippen LogP contribution in [-0.2, 0) is 17.9 Å². The van der Waals surface area contributed by atoms with Crippen molar-refractivity contribution in [2.75, 3.05) is 33.0 Å². The van der Waals surface area contributed by atoms with Crippen LogP contribution in [0.1, 0.15) is 23.6 Å². The first-order valence-electron chi connectivity index (χ1n) is 9.17. The Morgan fingerprint density at radius 3 is 2.46 bits per heavy atom. The van der Waals surface area contributed by atoms with Gasteiger partial charge in [0.15, 0.2) is 11.5 Å². The van der Waals surface area contributed by atoms with Gasteiger partial charge in [0.05, 0.1) is 30.9 Å². The molecular weight excluding hydrogens is 446 g/mol. The molecule has 0 aliphatic rings. The lowest BCUT2D eigenvalue weighted by atomic mass is 10.1. The van der Waals surface area contributed by atoms with E-state index in [0.29, 0.717) is 45.3 Å². The highest BCUT2D eigenvalue weighted by Crippen LogP contribution is 2.37. The van der Waals surface area contributed by atoms with Gasteiger partial charge in [-0.05, 0) is 53.0 Å². The molecule has 0 saturated heterocycles. The molecule has 0 atom stereocenters. The quantitative estimate of drug-likeness (QED) is 0.450. The van der Waals surface area contributed by atoms with Crippen molar-refractivity contribution in [3.8, 4) is 11.5 Å². The summed E-state index contributed by atoms with van der Waals surface area (Å²) in [6.07, 6.45) is 0. The number of aryl methyl sites for hydroxylation is 1. The minimum atomic E-state index is 0. The molecule has 2 N–H and O–H groups in total. The molecular formula is C21H29BrClNO4. The van der Waals surface area contributed by atoms with E-state index in [0.717, 1.165) is 21.3 Å². The molecule has 5 nitrogen and oxygen atoms in total. The number of aliphatic hydroxyl groups is 1. The van der Waals surface area contributed by atoms with E-state index in [1.807, 2.05) is 19.1 Å². The van der Waals surface area contributed by atoms with Gasteiger partial charge in [-0.1, -0.05) is 29.8 Å². The van der Waals surface area contributed by atoms with Crippen LogP contribution in [-0.4, -0.2) is 38.1 Å². The topological polar surface area (TPSA) is 60.0 Å². The third kappa shape index (κ3) is 8.37. The Bertz CT molecular complexity index is 698. The van der Waals surface area contributed by atoms with Gasteiger partial charge in [-0.25, -0.2) is 0 Å². The summed E-state index contributed by atoms with van der Waals surface area (Å²) in [7, 11) is 0. The summed E-state index contributed by atoms with van der Waals surface area (Å²) >= 11 is 3.61. The number of benzene rings is 2. The lowest BCUT2D eigenvalue weighted by Crippen LogP contribution is -2.20. The number of hydrogen-bond acceptors (Lipinski definition) is 5. The van der Waals surface area contributed by atoms with Crippen molar-refractivity contribution in [1.82, 2.24) is 5.32 Å². The Hall–Kier alpha value is -1.31. The fourth-order valence-corrected chi connectivity index (χ4v) is 3.11. The Morgan fingerprint density at radius 2 is 1.79 bits per heavy atom. The minimum Gasteiger partial charge on any atom is -0.490 e. The molecule has 2 rings (SSSR count). The molecule has 0 amide bonds. The lowest BCUT2D eigenvalue weighted by molar-refractivity contribution is 0.0938. The Kier molecular flexibility index (Phi) is 12.2. The van der Waals surface area contributed by atoms with Crippen molar-refractivity contribution in [2.45, 2.75) is 27.0 Å². The zero-order chi connectivity index (χ0) is 19.5. The third-order valence-electron chi connectivity index (χ3n) is 3.86. The van der Waals surface area contributed by atoms with Gasteiger partial charge in [0, 0.05) is 13.1 Å². The van der Waals surface area contributed by atoms with Crippen molar-refractivity contribution >= 4 is 28.3 Å². The largest absolute Gasteiger partial charge is 0.490 e. The highest BCUT2D eigenvalue weighted by molar-refractivity contribution is 9.10. The molecule has 0 fully saturated rings. The van der Waals surface area contributed by atoms with Crippen LogP contribution in [0.25, 0.3) is 0 Å². The second kappa shape index (κ2) is 13.8. The maximum atomic E-state index is 8.69. The molecule has 156 valence electrons. The maximum Gasteiger partial charge on any atom is 0.175 e. The molecule has 28 heavy (non-hydrogen) atoms. The normalized spacial score (nSPS) is 10.4.